The molecule has 3 heterocycles. The van der Waals surface area contributed by atoms with E-state index in [-0.39, 0.29) is 5.15 Å². The molecule has 0 radical (unpaired) electrons. The molecule has 0 spiro atoms. The normalized spacial score (nSPS) is 11.4. The number of rotatable bonds is 3. The quantitative estimate of drug-likeness (QED) is 0.569. The largest absolute Gasteiger partial charge is 0.360 e. The Morgan fingerprint density at radius 2 is 2.18 bits per heavy atom. The number of benzene rings is 1. The first kappa shape index (κ1) is 13.5. The van der Waals surface area contributed by atoms with Crippen LogP contribution in [0.25, 0.3) is 22.4 Å². The number of halogens is 2. The maximum absolute atomic E-state index is 5.89. The number of nitrogens with one attached hydrogen (secondary N) is 2. The number of para-hydroxylation sites is 1. The second kappa shape index (κ2) is 5.22. The summed E-state index contributed by atoms with van der Waals surface area (Å²) >= 11 is 9.40. The molecule has 0 aliphatic heterocycles. The number of aromatic amines is 2. The second-order valence-corrected chi connectivity index (χ2v) is 5.84. The van der Waals surface area contributed by atoms with Crippen molar-refractivity contribution in [1.29, 1.82) is 0 Å². The minimum absolute atomic E-state index is 0.211. The minimum Gasteiger partial charge on any atom is -0.360 e. The first-order valence-corrected chi connectivity index (χ1v) is 7.53. The van der Waals surface area contributed by atoms with E-state index < -0.39 is 0 Å². The van der Waals surface area contributed by atoms with E-state index in [0.717, 1.165) is 20.9 Å². The van der Waals surface area contributed by atoms with Gasteiger partial charge in [-0.3, -0.25) is 0 Å². The van der Waals surface area contributed by atoms with Crippen molar-refractivity contribution in [3.63, 3.8) is 0 Å². The van der Waals surface area contributed by atoms with Gasteiger partial charge < -0.3 is 9.51 Å². The molecule has 0 atom stereocenters. The molecule has 3 aromatic heterocycles. The maximum Gasteiger partial charge on any atom is 0.231 e. The molecule has 9 heteroatoms. The number of aromatic nitrogens is 6. The summed E-state index contributed by atoms with van der Waals surface area (Å²) in [5.74, 6) is 0.796. The van der Waals surface area contributed by atoms with Crippen LogP contribution >= 0.6 is 27.5 Å². The molecule has 4 rings (SSSR count). The molecular formula is C13H8BrClN6O. The standard InChI is InChI=1S/C13H8BrClN6O/c14-8-3-1-2-7-6(5-16-10(7)8)4-9-17-13(20-22-9)11-12(15)19-21-18-11/h1-3,5,16H,4H2,(H,18,19,21). The fourth-order valence-electron chi connectivity index (χ4n) is 2.27. The van der Waals surface area contributed by atoms with Gasteiger partial charge >= 0.3 is 0 Å². The molecule has 0 aliphatic rings. The van der Waals surface area contributed by atoms with E-state index in [4.69, 9.17) is 16.1 Å². The molecule has 110 valence electrons. The van der Waals surface area contributed by atoms with Crippen molar-refractivity contribution < 1.29 is 4.52 Å². The first-order chi connectivity index (χ1) is 10.7. The first-order valence-electron chi connectivity index (χ1n) is 6.36. The Morgan fingerprint density at radius 3 is 3.00 bits per heavy atom. The van der Waals surface area contributed by atoms with Crippen molar-refractivity contribution in [1.82, 2.24) is 30.5 Å². The Labute approximate surface area is 137 Å². The van der Waals surface area contributed by atoms with Crippen LogP contribution in [0.15, 0.2) is 33.4 Å². The van der Waals surface area contributed by atoms with Crippen LogP contribution in [0.3, 0.4) is 0 Å². The van der Waals surface area contributed by atoms with Gasteiger partial charge in [-0.05, 0) is 27.6 Å². The summed E-state index contributed by atoms with van der Waals surface area (Å²) in [7, 11) is 0. The molecule has 0 saturated heterocycles. The van der Waals surface area contributed by atoms with Crippen molar-refractivity contribution in [2.75, 3.05) is 0 Å². The van der Waals surface area contributed by atoms with Gasteiger partial charge in [0.05, 0.1) is 11.9 Å². The van der Waals surface area contributed by atoms with Gasteiger partial charge in [0, 0.05) is 16.1 Å². The van der Waals surface area contributed by atoms with Crippen LogP contribution in [-0.2, 0) is 6.42 Å². The van der Waals surface area contributed by atoms with Crippen LogP contribution in [0.5, 0.6) is 0 Å². The molecule has 0 aliphatic carbocycles. The number of hydrogen-bond acceptors (Lipinski definition) is 5. The third-order valence-electron chi connectivity index (χ3n) is 3.28. The summed E-state index contributed by atoms with van der Waals surface area (Å²) in [4.78, 5) is 7.54. The maximum atomic E-state index is 5.89. The van der Waals surface area contributed by atoms with Crippen LogP contribution in [-0.4, -0.2) is 30.5 Å². The highest BCUT2D eigenvalue weighted by molar-refractivity contribution is 9.10. The highest BCUT2D eigenvalue weighted by Crippen LogP contribution is 2.27. The van der Waals surface area contributed by atoms with Crippen LogP contribution in [0.2, 0.25) is 5.15 Å². The Hall–Kier alpha value is -2.19. The van der Waals surface area contributed by atoms with Gasteiger partial charge in [0.15, 0.2) is 10.8 Å². The van der Waals surface area contributed by atoms with Crippen LogP contribution in [0.1, 0.15) is 11.5 Å². The third kappa shape index (κ3) is 2.20. The predicted molar refractivity (Wildman–Crippen MR) is 83.5 cm³/mol. The Kier molecular flexibility index (Phi) is 3.20. The average Bonchev–Trinajstić information content (AvgIpc) is 3.21. The van der Waals surface area contributed by atoms with Crippen molar-refractivity contribution in [2.45, 2.75) is 6.42 Å². The summed E-state index contributed by atoms with van der Waals surface area (Å²) in [6, 6.07) is 6.01. The van der Waals surface area contributed by atoms with Gasteiger partial charge in [-0.15, -0.1) is 5.10 Å². The monoisotopic (exact) mass is 378 g/mol. The van der Waals surface area contributed by atoms with E-state index >= 15 is 0 Å². The predicted octanol–water partition coefficient (Wildman–Crippen LogP) is 3.34. The van der Waals surface area contributed by atoms with Crippen molar-refractivity contribution in [3.05, 3.63) is 45.5 Å². The van der Waals surface area contributed by atoms with Gasteiger partial charge in [-0.25, -0.2) is 0 Å². The Bertz CT molecular complexity index is 958. The van der Waals surface area contributed by atoms with E-state index in [1.165, 1.54) is 0 Å². The topological polar surface area (TPSA) is 96.3 Å². The zero-order chi connectivity index (χ0) is 15.1. The molecule has 22 heavy (non-hydrogen) atoms. The number of H-pyrrole nitrogens is 2. The molecule has 0 amide bonds. The highest BCUT2D eigenvalue weighted by atomic mass is 79.9. The lowest BCUT2D eigenvalue weighted by atomic mass is 10.1. The lowest BCUT2D eigenvalue weighted by Crippen LogP contribution is -1.88. The highest BCUT2D eigenvalue weighted by Gasteiger charge is 2.17. The lowest BCUT2D eigenvalue weighted by molar-refractivity contribution is 0.386. The molecule has 0 fully saturated rings. The van der Waals surface area contributed by atoms with Crippen molar-refractivity contribution in [3.8, 4) is 11.5 Å². The van der Waals surface area contributed by atoms with E-state index in [0.29, 0.717) is 23.8 Å². The molecule has 0 saturated carbocycles. The minimum atomic E-state index is 0.211. The summed E-state index contributed by atoms with van der Waals surface area (Å²) in [5, 5.41) is 15.2. The van der Waals surface area contributed by atoms with Gasteiger partial charge in [0.2, 0.25) is 11.7 Å². The zero-order valence-electron chi connectivity index (χ0n) is 11.0. The third-order valence-corrected chi connectivity index (χ3v) is 4.20. The van der Waals surface area contributed by atoms with Crippen LogP contribution in [0.4, 0.5) is 0 Å². The molecule has 4 aromatic rings. The van der Waals surface area contributed by atoms with Gasteiger partial charge in [0.25, 0.3) is 0 Å². The molecule has 7 nitrogen and oxygen atoms in total. The fourth-order valence-corrected chi connectivity index (χ4v) is 2.91. The smallest absolute Gasteiger partial charge is 0.231 e. The van der Waals surface area contributed by atoms with Crippen LogP contribution < -0.4 is 0 Å². The Balaban J connectivity index is 1.68. The number of fused-ring (bicyclic) bond motifs is 1. The number of nitrogens with zero attached hydrogens (tertiary/aromatic N) is 4. The second-order valence-electron chi connectivity index (χ2n) is 4.63. The van der Waals surface area contributed by atoms with Crippen LogP contribution in [0, 0.1) is 0 Å². The lowest BCUT2D eigenvalue weighted by Gasteiger charge is -1.96. The Morgan fingerprint density at radius 1 is 1.27 bits per heavy atom. The average molecular weight is 380 g/mol. The summed E-state index contributed by atoms with van der Waals surface area (Å²) in [5.41, 5.74) is 2.48. The van der Waals surface area contributed by atoms with Gasteiger partial charge in [-0.1, -0.05) is 28.9 Å². The molecule has 0 bridgehead atoms. The summed E-state index contributed by atoms with van der Waals surface area (Å²) in [6.07, 6.45) is 2.45. The SMILES string of the molecule is Clc1n[nH]nc1-c1noc(Cc2c[nH]c3c(Br)cccc23)n1. The van der Waals surface area contributed by atoms with E-state index in [1.807, 2.05) is 24.4 Å². The molecule has 0 unspecified atom stereocenters. The summed E-state index contributed by atoms with van der Waals surface area (Å²) in [6.45, 7) is 0. The van der Waals surface area contributed by atoms with E-state index in [1.54, 1.807) is 0 Å². The molecule has 2 N–H and O–H groups in total. The molecular weight excluding hydrogens is 372 g/mol. The van der Waals surface area contributed by atoms with Crippen molar-refractivity contribution in [2.24, 2.45) is 0 Å². The fraction of sp³-hybridized carbons (Fsp3) is 0.0769. The van der Waals surface area contributed by atoms with E-state index in [9.17, 15) is 0 Å². The van der Waals surface area contributed by atoms with Crippen molar-refractivity contribution >= 4 is 38.4 Å². The van der Waals surface area contributed by atoms with E-state index in [2.05, 4.69) is 46.5 Å². The van der Waals surface area contributed by atoms with Gasteiger partial charge in [-0.2, -0.15) is 15.3 Å². The number of hydrogen-bond donors (Lipinski definition) is 2. The van der Waals surface area contributed by atoms with Gasteiger partial charge in [0.1, 0.15) is 0 Å². The zero-order valence-corrected chi connectivity index (χ0v) is 13.3. The summed E-state index contributed by atoms with van der Waals surface area (Å²) < 4.78 is 6.28. The molecule has 1 aromatic carbocycles.